The SMILES string of the molecule is CCn1cc(C(=O)N[C@@H]2CC[C@@H](N3CCOCC3)[C@@H]2O)cn1. The molecule has 1 aromatic rings. The molecule has 0 aromatic carbocycles. The van der Waals surface area contributed by atoms with E-state index in [2.05, 4.69) is 15.3 Å². The molecular weight excluding hydrogens is 284 g/mol. The molecule has 2 N–H and O–H groups in total. The quantitative estimate of drug-likeness (QED) is 0.809. The van der Waals surface area contributed by atoms with Gasteiger partial charge in [0.15, 0.2) is 0 Å². The van der Waals surface area contributed by atoms with E-state index in [-0.39, 0.29) is 18.0 Å². The van der Waals surface area contributed by atoms with E-state index in [0.29, 0.717) is 5.56 Å². The van der Waals surface area contributed by atoms with Gasteiger partial charge in [0.05, 0.1) is 37.1 Å². The smallest absolute Gasteiger partial charge is 0.254 e. The maximum Gasteiger partial charge on any atom is 0.254 e. The predicted molar refractivity (Wildman–Crippen MR) is 80.6 cm³/mol. The van der Waals surface area contributed by atoms with Crippen LogP contribution in [0.25, 0.3) is 0 Å². The maximum atomic E-state index is 12.2. The number of aromatic nitrogens is 2. The second-order valence-corrected chi connectivity index (χ2v) is 5.95. The van der Waals surface area contributed by atoms with Crippen LogP contribution in [-0.2, 0) is 11.3 Å². The van der Waals surface area contributed by atoms with Crippen LogP contribution in [0.1, 0.15) is 30.1 Å². The molecule has 2 heterocycles. The summed E-state index contributed by atoms with van der Waals surface area (Å²) in [5, 5.41) is 17.6. The Morgan fingerprint density at radius 2 is 2.23 bits per heavy atom. The van der Waals surface area contributed by atoms with Crippen LogP contribution in [0.15, 0.2) is 12.4 Å². The van der Waals surface area contributed by atoms with E-state index in [9.17, 15) is 9.90 Å². The first-order valence-corrected chi connectivity index (χ1v) is 8.02. The molecule has 3 rings (SSSR count). The highest BCUT2D eigenvalue weighted by atomic mass is 16.5. The Hall–Kier alpha value is -1.44. The Bertz CT molecular complexity index is 513. The lowest BCUT2D eigenvalue weighted by molar-refractivity contribution is -0.0154. The lowest BCUT2D eigenvalue weighted by atomic mass is 10.1. The van der Waals surface area contributed by atoms with Gasteiger partial charge in [-0.15, -0.1) is 0 Å². The number of nitrogens with one attached hydrogen (secondary N) is 1. The van der Waals surface area contributed by atoms with Crippen molar-refractivity contribution >= 4 is 5.91 Å². The first-order valence-electron chi connectivity index (χ1n) is 8.02. The molecule has 3 atom stereocenters. The van der Waals surface area contributed by atoms with Crippen molar-refractivity contribution in [3.05, 3.63) is 18.0 Å². The van der Waals surface area contributed by atoms with Crippen LogP contribution >= 0.6 is 0 Å². The van der Waals surface area contributed by atoms with Gasteiger partial charge in [-0.1, -0.05) is 0 Å². The van der Waals surface area contributed by atoms with Gasteiger partial charge >= 0.3 is 0 Å². The molecule has 1 aliphatic carbocycles. The summed E-state index contributed by atoms with van der Waals surface area (Å²) < 4.78 is 7.07. The third-order valence-corrected chi connectivity index (χ3v) is 4.63. The molecule has 1 aliphatic heterocycles. The number of carbonyl (C=O) groups is 1. The number of aliphatic hydroxyl groups is 1. The fraction of sp³-hybridized carbons (Fsp3) is 0.733. The standard InChI is InChI=1S/C15H24N4O3/c1-2-19-10-11(9-16-19)15(21)17-12-3-4-13(14(12)20)18-5-7-22-8-6-18/h9-10,12-14,20H,2-8H2,1H3,(H,17,21)/t12-,13-,14-/m1/s1. The van der Waals surface area contributed by atoms with Gasteiger partial charge in [0.1, 0.15) is 0 Å². The molecule has 0 spiro atoms. The number of carbonyl (C=O) groups excluding carboxylic acids is 1. The number of amides is 1. The third-order valence-electron chi connectivity index (χ3n) is 4.63. The number of ether oxygens (including phenoxy) is 1. The largest absolute Gasteiger partial charge is 0.389 e. The van der Waals surface area contributed by atoms with E-state index in [4.69, 9.17) is 4.74 Å². The fourth-order valence-corrected chi connectivity index (χ4v) is 3.33. The van der Waals surface area contributed by atoms with Crippen LogP contribution in [0.4, 0.5) is 0 Å². The minimum absolute atomic E-state index is 0.118. The molecule has 22 heavy (non-hydrogen) atoms. The molecule has 7 heteroatoms. The summed E-state index contributed by atoms with van der Waals surface area (Å²) in [4.78, 5) is 14.5. The molecule has 122 valence electrons. The van der Waals surface area contributed by atoms with E-state index in [0.717, 1.165) is 45.7 Å². The molecule has 1 amide bonds. The van der Waals surface area contributed by atoms with Crippen LogP contribution in [0.3, 0.4) is 0 Å². The first-order chi connectivity index (χ1) is 10.7. The second kappa shape index (κ2) is 6.76. The zero-order valence-electron chi connectivity index (χ0n) is 12.9. The van der Waals surface area contributed by atoms with Gasteiger partial charge < -0.3 is 15.2 Å². The number of aryl methyl sites for hydroxylation is 1. The average Bonchev–Trinajstić information content (AvgIpc) is 3.16. The van der Waals surface area contributed by atoms with Crippen LogP contribution in [0, 0.1) is 0 Å². The normalized spacial score (nSPS) is 29.6. The molecule has 0 radical (unpaired) electrons. The first kappa shape index (κ1) is 15.5. The van der Waals surface area contributed by atoms with Crippen LogP contribution < -0.4 is 5.32 Å². The van der Waals surface area contributed by atoms with Crippen molar-refractivity contribution in [1.82, 2.24) is 20.0 Å². The zero-order valence-corrected chi connectivity index (χ0v) is 12.9. The van der Waals surface area contributed by atoms with Crippen molar-refractivity contribution in [2.24, 2.45) is 0 Å². The summed E-state index contributed by atoms with van der Waals surface area (Å²) in [6.45, 7) is 5.85. The van der Waals surface area contributed by atoms with Crippen molar-refractivity contribution < 1.29 is 14.6 Å². The summed E-state index contributed by atoms with van der Waals surface area (Å²) in [6.07, 6.45) is 4.48. The summed E-state index contributed by atoms with van der Waals surface area (Å²) in [5.74, 6) is -0.161. The molecule has 7 nitrogen and oxygen atoms in total. The van der Waals surface area contributed by atoms with Crippen LogP contribution in [0.5, 0.6) is 0 Å². The highest BCUT2D eigenvalue weighted by Gasteiger charge is 2.39. The van der Waals surface area contributed by atoms with Gasteiger partial charge in [0.25, 0.3) is 5.91 Å². The monoisotopic (exact) mass is 308 g/mol. The van der Waals surface area contributed by atoms with Gasteiger partial charge in [-0.3, -0.25) is 14.4 Å². The molecule has 2 fully saturated rings. The minimum Gasteiger partial charge on any atom is -0.389 e. The van der Waals surface area contributed by atoms with Gasteiger partial charge in [-0.2, -0.15) is 5.10 Å². The topological polar surface area (TPSA) is 79.6 Å². The summed E-state index contributed by atoms with van der Waals surface area (Å²) in [5.41, 5.74) is 0.545. The fourth-order valence-electron chi connectivity index (χ4n) is 3.33. The number of rotatable bonds is 4. The number of hydrogen-bond acceptors (Lipinski definition) is 5. The molecule has 0 bridgehead atoms. The van der Waals surface area contributed by atoms with Gasteiger partial charge in [-0.05, 0) is 19.8 Å². The van der Waals surface area contributed by atoms with Crippen molar-refractivity contribution in [1.29, 1.82) is 0 Å². The van der Waals surface area contributed by atoms with Crippen LogP contribution in [0.2, 0.25) is 0 Å². The number of nitrogens with zero attached hydrogens (tertiary/aromatic N) is 3. The molecule has 1 saturated heterocycles. The minimum atomic E-state index is -0.525. The lowest BCUT2D eigenvalue weighted by Gasteiger charge is -2.34. The Morgan fingerprint density at radius 3 is 2.91 bits per heavy atom. The maximum absolute atomic E-state index is 12.2. The van der Waals surface area contributed by atoms with Gasteiger partial charge in [-0.25, -0.2) is 0 Å². The zero-order chi connectivity index (χ0) is 15.5. The van der Waals surface area contributed by atoms with Gasteiger partial charge in [0, 0.05) is 31.9 Å². The molecule has 1 saturated carbocycles. The van der Waals surface area contributed by atoms with E-state index in [1.807, 2.05) is 6.92 Å². The molecule has 2 aliphatic rings. The van der Waals surface area contributed by atoms with Gasteiger partial charge in [0.2, 0.25) is 0 Å². The van der Waals surface area contributed by atoms with Crippen molar-refractivity contribution in [2.75, 3.05) is 26.3 Å². The van der Waals surface area contributed by atoms with E-state index in [1.54, 1.807) is 17.1 Å². The number of aliphatic hydroxyl groups excluding tert-OH is 1. The van der Waals surface area contributed by atoms with Crippen molar-refractivity contribution in [3.63, 3.8) is 0 Å². The Labute approximate surface area is 130 Å². The Morgan fingerprint density at radius 1 is 1.45 bits per heavy atom. The number of morpholine rings is 1. The number of hydrogen-bond donors (Lipinski definition) is 2. The van der Waals surface area contributed by atoms with Crippen molar-refractivity contribution in [3.8, 4) is 0 Å². The van der Waals surface area contributed by atoms with E-state index >= 15 is 0 Å². The second-order valence-electron chi connectivity index (χ2n) is 5.95. The molecular formula is C15H24N4O3. The third kappa shape index (κ3) is 3.16. The molecule has 0 unspecified atom stereocenters. The highest BCUT2D eigenvalue weighted by Crippen LogP contribution is 2.25. The summed E-state index contributed by atoms with van der Waals surface area (Å²) in [6, 6.07) is -0.0714. The lowest BCUT2D eigenvalue weighted by Crippen LogP contribution is -2.51. The average molecular weight is 308 g/mol. The summed E-state index contributed by atoms with van der Waals surface area (Å²) in [7, 11) is 0. The molecule has 1 aromatic heterocycles. The Balaban J connectivity index is 1.57. The van der Waals surface area contributed by atoms with Crippen LogP contribution in [-0.4, -0.2) is 70.2 Å². The summed E-state index contributed by atoms with van der Waals surface area (Å²) >= 11 is 0. The van der Waals surface area contributed by atoms with E-state index < -0.39 is 6.10 Å². The predicted octanol–water partition coefficient (Wildman–Crippen LogP) is -0.143. The van der Waals surface area contributed by atoms with E-state index in [1.165, 1.54) is 0 Å². The Kier molecular flexibility index (Phi) is 4.75. The van der Waals surface area contributed by atoms with Crippen molar-refractivity contribution in [2.45, 2.75) is 44.5 Å². The highest BCUT2D eigenvalue weighted by molar-refractivity contribution is 5.93.